The van der Waals surface area contributed by atoms with Crippen molar-refractivity contribution < 1.29 is 9.53 Å². The molecule has 2 aromatic carbocycles. The minimum absolute atomic E-state index is 0.251. The minimum atomic E-state index is -0.470. The van der Waals surface area contributed by atoms with Crippen LogP contribution in [0.5, 0.6) is 0 Å². The Morgan fingerprint density at radius 1 is 1.09 bits per heavy atom. The lowest BCUT2D eigenvalue weighted by Gasteiger charge is -2.00. The SMILES string of the molecule is COC(=O)/C(=C\c1c[nH]c2ccccc12)N=Cc1ccccc1. The van der Waals surface area contributed by atoms with E-state index in [9.17, 15) is 4.79 Å². The molecule has 0 unspecified atom stereocenters. The van der Waals surface area contributed by atoms with E-state index in [1.807, 2.05) is 60.8 Å². The summed E-state index contributed by atoms with van der Waals surface area (Å²) in [5.41, 5.74) is 3.07. The lowest BCUT2D eigenvalue weighted by Crippen LogP contribution is -2.03. The van der Waals surface area contributed by atoms with Crippen molar-refractivity contribution in [1.29, 1.82) is 0 Å². The summed E-state index contributed by atoms with van der Waals surface area (Å²) in [7, 11) is 1.35. The summed E-state index contributed by atoms with van der Waals surface area (Å²) >= 11 is 0. The van der Waals surface area contributed by atoms with Crippen LogP contribution >= 0.6 is 0 Å². The van der Waals surface area contributed by atoms with E-state index in [-0.39, 0.29) is 5.70 Å². The molecule has 0 aliphatic carbocycles. The molecule has 0 spiro atoms. The molecule has 0 aliphatic heterocycles. The number of hydrogen-bond acceptors (Lipinski definition) is 3. The zero-order valence-corrected chi connectivity index (χ0v) is 12.7. The van der Waals surface area contributed by atoms with E-state index >= 15 is 0 Å². The smallest absolute Gasteiger partial charge is 0.356 e. The van der Waals surface area contributed by atoms with Gasteiger partial charge in [0.25, 0.3) is 0 Å². The molecule has 0 aliphatic rings. The zero-order chi connectivity index (χ0) is 16.1. The van der Waals surface area contributed by atoms with Gasteiger partial charge in [-0.3, -0.25) is 0 Å². The monoisotopic (exact) mass is 304 g/mol. The van der Waals surface area contributed by atoms with Crippen molar-refractivity contribution in [2.45, 2.75) is 0 Å². The Hall–Kier alpha value is -3.14. The summed E-state index contributed by atoms with van der Waals surface area (Å²) in [6, 6.07) is 17.5. The molecule has 4 nitrogen and oxygen atoms in total. The number of para-hydroxylation sites is 1. The molecular weight excluding hydrogens is 288 g/mol. The normalized spacial score (nSPS) is 12.0. The number of hydrogen-bond donors (Lipinski definition) is 1. The maximum Gasteiger partial charge on any atom is 0.356 e. The van der Waals surface area contributed by atoms with Crippen LogP contribution in [0.1, 0.15) is 11.1 Å². The summed E-state index contributed by atoms with van der Waals surface area (Å²) in [5, 5.41) is 1.03. The lowest BCUT2D eigenvalue weighted by atomic mass is 10.1. The molecule has 1 heterocycles. The number of aromatic nitrogens is 1. The third-order valence-electron chi connectivity index (χ3n) is 3.46. The molecule has 0 atom stereocenters. The molecule has 3 aromatic rings. The quantitative estimate of drug-likeness (QED) is 0.453. The highest BCUT2D eigenvalue weighted by molar-refractivity contribution is 5.99. The van der Waals surface area contributed by atoms with Crippen LogP contribution in [-0.2, 0) is 9.53 Å². The van der Waals surface area contributed by atoms with Gasteiger partial charge in [-0.1, -0.05) is 48.5 Å². The van der Waals surface area contributed by atoms with E-state index in [1.165, 1.54) is 7.11 Å². The topological polar surface area (TPSA) is 54.5 Å². The molecule has 0 saturated heterocycles. The molecule has 0 fully saturated rings. The fraction of sp³-hybridized carbons (Fsp3) is 0.0526. The third kappa shape index (κ3) is 3.37. The third-order valence-corrected chi connectivity index (χ3v) is 3.46. The number of ether oxygens (including phenoxy) is 1. The van der Waals surface area contributed by atoms with Crippen molar-refractivity contribution >= 4 is 29.2 Å². The molecule has 1 aromatic heterocycles. The first-order valence-corrected chi connectivity index (χ1v) is 7.23. The summed E-state index contributed by atoms with van der Waals surface area (Å²) in [5.74, 6) is -0.470. The minimum Gasteiger partial charge on any atom is -0.464 e. The van der Waals surface area contributed by atoms with Crippen molar-refractivity contribution in [2.24, 2.45) is 4.99 Å². The number of esters is 1. The van der Waals surface area contributed by atoms with E-state index in [0.717, 1.165) is 22.0 Å². The van der Waals surface area contributed by atoms with Crippen LogP contribution in [0.3, 0.4) is 0 Å². The highest BCUT2D eigenvalue weighted by Crippen LogP contribution is 2.21. The molecular formula is C19H16N2O2. The number of aliphatic imine (C=N–C) groups is 1. The second kappa shape index (κ2) is 6.75. The van der Waals surface area contributed by atoms with E-state index in [2.05, 4.69) is 9.98 Å². The summed E-state index contributed by atoms with van der Waals surface area (Å²) in [6.07, 6.45) is 5.23. The average molecular weight is 304 g/mol. The Kier molecular flexibility index (Phi) is 4.34. The molecule has 0 radical (unpaired) electrons. The van der Waals surface area contributed by atoms with Crippen LogP contribution in [0, 0.1) is 0 Å². The first kappa shape index (κ1) is 14.8. The van der Waals surface area contributed by atoms with Gasteiger partial charge in [0.2, 0.25) is 0 Å². The molecule has 0 bridgehead atoms. The maximum absolute atomic E-state index is 12.0. The van der Waals surface area contributed by atoms with Crippen molar-refractivity contribution in [1.82, 2.24) is 4.98 Å². The number of benzene rings is 2. The van der Waals surface area contributed by atoms with Crippen LogP contribution in [-0.4, -0.2) is 24.3 Å². The summed E-state index contributed by atoms with van der Waals surface area (Å²) < 4.78 is 4.83. The molecule has 3 rings (SSSR count). The van der Waals surface area contributed by atoms with Gasteiger partial charge in [-0.15, -0.1) is 0 Å². The maximum atomic E-state index is 12.0. The van der Waals surface area contributed by atoms with Gasteiger partial charge in [0.05, 0.1) is 7.11 Å². The fourth-order valence-corrected chi connectivity index (χ4v) is 2.30. The highest BCUT2D eigenvalue weighted by atomic mass is 16.5. The van der Waals surface area contributed by atoms with Gasteiger partial charge < -0.3 is 9.72 Å². The van der Waals surface area contributed by atoms with Gasteiger partial charge in [-0.25, -0.2) is 9.79 Å². The zero-order valence-electron chi connectivity index (χ0n) is 12.7. The molecule has 23 heavy (non-hydrogen) atoms. The molecule has 114 valence electrons. The van der Waals surface area contributed by atoms with Gasteiger partial charge in [-0.2, -0.15) is 0 Å². The predicted molar refractivity (Wildman–Crippen MR) is 92.3 cm³/mol. The number of carbonyl (C=O) groups is 1. The first-order valence-electron chi connectivity index (χ1n) is 7.23. The van der Waals surface area contributed by atoms with Crippen LogP contribution in [0.25, 0.3) is 17.0 Å². The van der Waals surface area contributed by atoms with Gasteiger partial charge in [0.15, 0.2) is 0 Å². The van der Waals surface area contributed by atoms with E-state index < -0.39 is 5.97 Å². The number of rotatable bonds is 4. The van der Waals surface area contributed by atoms with E-state index in [0.29, 0.717) is 0 Å². The second-order valence-electron chi connectivity index (χ2n) is 4.98. The number of nitrogens with zero attached hydrogens (tertiary/aromatic N) is 1. The molecule has 4 heteroatoms. The van der Waals surface area contributed by atoms with Crippen LogP contribution in [0.15, 0.2) is 71.5 Å². The van der Waals surface area contributed by atoms with Gasteiger partial charge in [-0.05, 0) is 17.7 Å². The number of carbonyl (C=O) groups excluding carboxylic acids is 1. The van der Waals surface area contributed by atoms with Crippen molar-refractivity contribution in [3.63, 3.8) is 0 Å². The number of methoxy groups -OCH3 is 1. The summed E-state index contributed by atoms with van der Waals surface area (Å²) in [4.78, 5) is 19.5. The Labute approximate surface area is 134 Å². The van der Waals surface area contributed by atoms with Crippen LogP contribution < -0.4 is 0 Å². The van der Waals surface area contributed by atoms with Gasteiger partial charge in [0.1, 0.15) is 5.70 Å². The van der Waals surface area contributed by atoms with Crippen molar-refractivity contribution in [3.05, 3.63) is 77.6 Å². The first-order chi connectivity index (χ1) is 11.3. The van der Waals surface area contributed by atoms with Crippen molar-refractivity contribution in [2.75, 3.05) is 7.11 Å². The Morgan fingerprint density at radius 2 is 1.83 bits per heavy atom. The Morgan fingerprint density at radius 3 is 2.61 bits per heavy atom. The second-order valence-corrected chi connectivity index (χ2v) is 4.98. The molecule has 1 N–H and O–H groups in total. The van der Waals surface area contributed by atoms with Crippen LogP contribution in [0.2, 0.25) is 0 Å². The van der Waals surface area contributed by atoms with Gasteiger partial charge >= 0.3 is 5.97 Å². The largest absolute Gasteiger partial charge is 0.464 e. The number of H-pyrrole nitrogens is 1. The predicted octanol–water partition coefficient (Wildman–Crippen LogP) is 3.80. The summed E-state index contributed by atoms with van der Waals surface area (Å²) in [6.45, 7) is 0. The number of fused-ring (bicyclic) bond motifs is 1. The van der Waals surface area contributed by atoms with E-state index in [1.54, 1.807) is 12.3 Å². The number of aromatic amines is 1. The Bertz CT molecular complexity index is 877. The van der Waals surface area contributed by atoms with Gasteiger partial charge in [0, 0.05) is 28.9 Å². The lowest BCUT2D eigenvalue weighted by molar-refractivity contribution is -0.136. The Balaban J connectivity index is 1.99. The standard InChI is InChI=1S/C19H16N2O2/c1-23-19(22)18(20-12-14-7-3-2-4-8-14)11-15-13-21-17-10-6-5-9-16(15)17/h2-13,21H,1H3/b18-11+,20-12?. The van der Waals surface area contributed by atoms with Crippen molar-refractivity contribution in [3.8, 4) is 0 Å². The molecule has 0 saturated carbocycles. The van der Waals surface area contributed by atoms with E-state index in [4.69, 9.17) is 4.74 Å². The van der Waals surface area contributed by atoms with Crippen LogP contribution in [0.4, 0.5) is 0 Å². The highest BCUT2D eigenvalue weighted by Gasteiger charge is 2.10. The fourth-order valence-electron chi connectivity index (χ4n) is 2.30. The average Bonchev–Trinajstić information content (AvgIpc) is 3.02. The number of nitrogens with one attached hydrogen (secondary N) is 1. The molecule has 0 amide bonds.